The van der Waals surface area contributed by atoms with E-state index in [9.17, 15) is 9.59 Å². The van der Waals surface area contributed by atoms with Gasteiger partial charge in [0.25, 0.3) is 5.91 Å². The number of amides is 2. The van der Waals surface area contributed by atoms with Crippen molar-refractivity contribution in [2.45, 2.75) is 32.4 Å². The third-order valence-electron chi connectivity index (χ3n) is 5.31. The van der Waals surface area contributed by atoms with E-state index < -0.39 is 0 Å². The number of halogens is 1. The minimum atomic E-state index is -0.277. The second-order valence-corrected chi connectivity index (χ2v) is 8.55. The quantitative estimate of drug-likeness (QED) is 0.629. The summed E-state index contributed by atoms with van der Waals surface area (Å²) >= 11 is 7.43. The molecule has 0 spiro atoms. The van der Waals surface area contributed by atoms with Crippen LogP contribution in [0.4, 0.5) is 0 Å². The molecule has 1 aliphatic heterocycles. The van der Waals surface area contributed by atoms with Crippen LogP contribution in [-0.4, -0.2) is 49.5 Å². The Morgan fingerprint density at radius 1 is 1.33 bits per heavy atom. The maximum atomic E-state index is 12.8. The number of hydrogen-bond acceptors (Lipinski definition) is 6. The molecular weight excluding hydrogens is 424 g/mol. The van der Waals surface area contributed by atoms with Crippen LogP contribution in [-0.2, 0) is 11.3 Å². The van der Waals surface area contributed by atoms with E-state index in [0.717, 1.165) is 29.1 Å². The van der Waals surface area contributed by atoms with Crippen LogP contribution in [0.25, 0.3) is 11.3 Å². The number of thiazole rings is 1. The first kappa shape index (κ1) is 20.5. The zero-order chi connectivity index (χ0) is 21.1. The summed E-state index contributed by atoms with van der Waals surface area (Å²) in [6, 6.07) is 7.27. The molecule has 10 heteroatoms. The molecule has 156 valence electrons. The molecule has 3 heterocycles. The highest BCUT2D eigenvalue weighted by atomic mass is 35.5. The molecule has 2 atom stereocenters. The number of benzene rings is 1. The molecule has 2 aromatic heterocycles. The van der Waals surface area contributed by atoms with Gasteiger partial charge in [0.15, 0.2) is 0 Å². The number of nitrogens with one attached hydrogen (secondary N) is 2. The zero-order valence-electron chi connectivity index (χ0n) is 16.3. The van der Waals surface area contributed by atoms with Crippen LogP contribution in [0.3, 0.4) is 0 Å². The maximum Gasteiger partial charge on any atom is 0.291 e. The summed E-state index contributed by atoms with van der Waals surface area (Å²) in [5.41, 5.74) is 1.84. The molecule has 0 radical (unpaired) electrons. The normalized spacial score (nSPS) is 18.9. The van der Waals surface area contributed by atoms with Crippen molar-refractivity contribution >= 4 is 34.8 Å². The van der Waals surface area contributed by atoms with Gasteiger partial charge in [0.1, 0.15) is 11.3 Å². The Hall–Kier alpha value is -2.78. The molecule has 0 aliphatic carbocycles. The zero-order valence-corrected chi connectivity index (χ0v) is 17.9. The lowest BCUT2D eigenvalue weighted by Crippen LogP contribution is -2.51. The van der Waals surface area contributed by atoms with Crippen molar-refractivity contribution in [3.63, 3.8) is 0 Å². The molecule has 2 amide bonds. The summed E-state index contributed by atoms with van der Waals surface area (Å²) in [4.78, 5) is 35.7. The van der Waals surface area contributed by atoms with E-state index in [1.165, 1.54) is 17.7 Å². The van der Waals surface area contributed by atoms with Gasteiger partial charge in [0, 0.05) is 28.6 Å². The fraction of sp³-hybridized carbons (Fsp3) is 0.350. The average Bonchev–Trinajstić information content (AvgIpc) is 3.45. The molecule has 1 aromatic carbocycles. The first-order chi connectivity index (χ1) is 14.5. The van der Waals surface area contributed by atoms with Gasteiger partial charge in [0.2, 0.25) is 11.7 Å². The summed E-state index contributed by atoms with van der Waals surface area (Å²) in [5.74, 6) is -0.382. The smallest absolute Gasteiger partial charge is 0.291 e. The van der Waals surface area contributed by atoms with Gasteiger partial charge in [-0.3, -0.25) is 14.7 Å². The lowest BCUT2D eigenvalue weighted by atomic mass is 9.89. The molecular formula is C20H21ClN6O2S. The molecule has 1 aliphatic rings. The van der Waals surface area contributed by atoms with Crippen molar-refractivity contribution in [3.05, 3.63) is 51.8 Å². The topological polar surface area (TPSA) is 104 Å². The average molecular weight is 445 g/mol. The molecule has 8 nitrogen and oxygen atoms in total. The lowest BCUT2D eigenvalue weighted by Gasteiger charge is -2.38. The molecule has 4 rings (SSSR count). The number of aromatic nitrogens is 4. The van der Waals surface area contributed by atoms with Gasteiger partial charge in [-0.2, -0.15) is 5.10 Å². The van der Waals surface area contributed by atoms with Gasteiger partial charge in [0.05, 0.1) is 18.2 Å². The van der Waals surface area contributed by atoms with Crippen molar-refractivity contribution in [1.29, 1.82) is 0 Å². The summed E-state index contributed by atoms with van der Waals surface area (Å²) in [5, 5.41) is 12.8. The van der Waals surface area contributed by atoms with Crippen molar-refractivity contribution in [2.75, 3.05) is 6.54 Å². The van der Waals surface area contributed by atoms with Gasteiger partial charge in [-0.15, -0.1) is 11.3 Å². The second-order valence-electron chi connectivity index (χ2n) is 7.17. The van der Waals surface area contributed by atoms with Gasteiger partial charge >= 0.3 is 0 Å². The van der Waals surface area contributed by atoms with E-state index in [1.54, 1.807) is 4.90 Å². The van der Waals surface area contributed by atoms with Crippen LogP contribution in [0.1, 0.15) is 35.4 Å². The first-order valence-corrected chi connectivity index (χ1v) is 10.9. The number of aromatic amines is 1. The highest BCUT2D eigenvalue weighted by Gasteiger charge is 2.36. The lowest BCUT2D eigenvalue weighted by molar-refractivity contribution is -0.128. The SMILES string of the molecule is C[C@H]1[C@@H](C(=O)NCc2nc(-c3ccc(Cl)cc3)cs2)CCCN1C(=O)c1ncn[nH]1. The number of piperidine rings is 1. The Morgan fingerprint density at radius 2 is 2.13 bits per heavy atom. The van der Waals surface area contributed by atoms with Crippen LogP contribution in [0, 0.1) is 5.92 Å². The molecule has 2 N–H and O–H groups in total. The van der Waals surface area contributed by atoms with E-state index in [-0.39, 0.29) is 29.6 Å². The number of rotatable bonds is 5. The van der Waals surface area contributed by atoms with Gasteiger partial charge in [-0.05, 0) is 31.9 Å². The molecule has 3 aromatic rings. The number of carbonyl (C=O) groups excluding carboxylic acids is 2. The summed E-state index contributed by atoms with van der Waals surface area (Å²) in [6.45, 7) is 2.86. The predicted octanol–water partition coefficient (Wildman–Crippen LogP) is 3.14. The molecule has 0 unspecified atom stereocenters. The second kappa shape index (κ2) is 8.93. The number of nitrogens with zero attached hydrogens (tertiary/aromatic N) is 4. The Morgan fingerprint density at radius 3 is 2.87 bits per heavy atom. The number of H-pyrrole nitrogens is 1. The van der Waals surface area contributed by atoms with E-state index in [1.807, 2.05) is 36.6 Å². The number of likely N-dealkylation sites (tertiary alicyclic amines) is 1. The van der Waals surface area contributed by atoms with Crippen molar-refractivity contribution in [3.8, 4) is 11.3 Å². The van der Waals surface area contributed by atoms with Crippen molar-refractivity contribution in [1.82, 2.24) is 30.4 Å². The molecule has 0 saturated carbocycles. The van der Waals surface area contributed by atoms with Crippen LogP contribution in [0.15, 0.2) is 36.0 Å². The Kier molecular flexibility index (Phi) is 6.10. The van der Waals surface area contributed by atoms with Crippen molar-refractivity contribution < 1.29 is 9.59 Å². The maximum absolute atomic E-state index is 12.8. The van der Waals surface area contributed by atoms with Crippen LogP contribution >= 0.6 is 22.9 Å². The highest BCUT2D eigenvalue weighted by Crippen LogP contribution is 2.26. The fourth-order valence-electron chi connectivity index (χ4n) is 3.66. The fourth-order valence-corrected chi connectivity index (χ4v) is 4.53. The van der Waals surface area contributed by atoms with Gasteiger partial charge < -0.3 is 10.2 Å². The van der Waals surface area contributed by atoms with Crippen molar-refractivity contribution in [2.24, 2.45) is 5.92 Å². The third-order valence-corrected chi connectivity index (χ3v) is 6.41. The van der Waals surface area contributed by atoms with Crippen LogP contribution in [0.5, 0.6) is 0 Å². The minimum absolute atomic E-state index is 0.0687. The monoisotopic (exact) mass is 444 g/mol. The highest BCUT2D eigenvalue weighted by molar-refractivity contribution is 7.09. The summed E-state index contributed by atoms with van der Waals surface area (Å²) in [7, 11) is 0. The summed E-state index contributed by atoms with van der Waals surface area (Å²) in [6.07, 6.45) is 2.81. The van der Waals surface area contributed by atoms with Gasteiger partial charge in [-0.25, -0.2) is 9.97 Å². The largest absolute Gasteiger partial charge is 0.349 e. The van der Waals surface area contributed by atoms with Crippen LogP contribution in [0.2, 0.25) is 5.02 Å². The standard InChI is InChI=1S/C20H21ClN6O2S/c1-12-15(3-2-8-27(12)20(29)18-23-11-24-26-18)19(28)22-9-17-25-16(10-30-17)13-4-6-14(21)7-5-13/h4-7,10-12,15H,2-3,8-9H2,1H3,(H,22,28)(H,23,24,26)/t12-,15-/m0/s1. The molecule has 30 heavy (non-hydrogen) atoms. The van der Waals surface area contributed by atoms with E-state index in [2.05, 4.69) is 25.5 Å². The van der Waals surface area contributed by atoms with E-state index in [0.29, 0.717) is 18.1 Å². The molecule has 0 bridgehead atoms. The minimum Gasteiger partial charge on any atom is -0.349 e. The first-order valence-electron chi connectivity index (χ1n) is 9.67. The molecule has 1 saturated heterocycles. The Labute approximate surface area is 182 Å². The summed E-state index contributed by atoms with van der Waals surface area (Å²) < 4.78 is 0. The Bertz CT molecular complexity index is 1020. The van der Waals surface area contributed by atoms with Crippen LogP contribution < -0.4 is 5.32 Å². The van der Waals surface area contributed by atoms with E-state index >= 15 is 0 Å². The van der Waals surface area contributed by atoms with Gasteiger partial charge in [-0.1, -0.05) is 23.7 Å². The third kappa shape index (κ3) is 4.36. The Balaban J connectivity index is 1.37. The van der Waals surface area contributed by atoms with E-state index in [4.69, 9.17) is 11.6 Å². The number of carbonyl (C=O) groups is 2. The molecule has 1 fully saturated rings. The predicted molar refractivity (Wildman–Crippen MR) is 114 cm³/mol. The number of hydrogen-bond donors (Lipinski definition) is 2.